The molecule has 0 saturated heterocycles. The molecule has 26 heavy (non-hydrogen) atoms. The first-order valence-electron chi connectivity index (χ1n) is 8.04. The fourth-order valence-corrected chi connectivity index (χ4v) is 3.50. The highest BCUT2D eigenvalue weighted by Gasteiger charge is 2.20. The molecule has 0 radical (unpaired) electrons. The number of nitrogens with zero attached hydrogens (tertiary/aromatic N) is 1. The zero-order valence-electron chi connectivity index (χ0n) is 13.7. The number of hydrogen-bond acceptors (Lipinski definition) is 5. The number of thiazole rings is 1. The van der Waals surface area contributed by atoms with Crippen LogP contribution in [0.2, 0.25) is 0 Å². The highest BCUT2D eigenvalue weighted by molar-refractivity contribution is 7.13. The Morgan fingerprint density at radius 2 is 2.04 bits per heavy atom. The Labute approximate surface area is 153 Å². The molecular formula is C19H15N3O3S. The molecule has 2 aromatic carbocycles. The molecule has 0 fully saturated rings. The van der Waals surface area contributed by atoms with Gasteiger partial charge in [-0.2, -0.15) is 0 Å². The Hall–Kier alpha value is -3.19. The van der Waals surface area contributed by atoms with Gasteiger partial charge in [-0.25, -0.2) is 4.98 Å². The number of anilines is 2. The van der Waals surface area contributed by atoms with Crippen molar-refractivity contribution in [2.24, 2.45) is 0 Å². The Morgan fingerprint density at radius 3 is 2.88 bits per heavy atom. The SMILES string of the molecule is O=C1COc2c(cccc2NC(=O)Cc2csc(-c3ccccc3)n2)N1. The molecule has 3 aromatic rings. The molecular weight excluding hydrogens is 350 g/mol. The Morgan fingerprint density at radius 1 is 1.19 bits per heavy atom. The number of carbonyl (C=O) groups is 2. The van der Waals surface area contributed by atoms with Gasteiger partial charge in [-0.1, -0.05) is 36.4 Å². The van der Waals surface area contributed by atoms with Crippen LogP contribution in [-0.4, -0.2) is 23.4 Å². The Bertz CT molecular complexity index is 969. The topological polar surface area (TPSA) is 80.3 Å². The first-order valence-corrected chi connectivity index (χ1v) is 8.92. The Kier molecular flexibility index (Phi) is 4.37. The number of hydrogen-bond donors (Lipinski definition) is 2. The predicted octanol–water partition coefficient (Wildman–Crippen LogP) is 3.32. The van der Waals surface area contributed by atoms with E-state index in [1.54, 1.807) is 18.2 Å². The zero-order chi connectivity index (χ0) is 17.9. The zero-order valence-corrected chi connectivity index (χ0v) is 14.5. The van der Waals surface area contributed by atoms with Gasteiger partial charge in [0.05, 0.1) is 23.5 Å². The van der Waals surface area contributed by atoms with E-state index in [-0.39, 0.29) is 24.8 Å². The number of carbonyl (C=O) groups excluding carboxylic acids is 2. The maximum atomic E-state index is 12.4. The van der Waals surface area contributed by atoms with Gasteiger partial charge < -0.3 is 15.4 Å². The van der Waals surface area contributed by atoms with Crippen molar-refractivity contribution in [3.05, 3.63) is 59.6 Å². The number of rotatable bonds is 4. The van der Waals surface area contributed by atoms with Crippen molar-refractivity contribution in [2.75, 3.05) is 17.2 Å². The van der Waals surface area contributed by atoms with Gasteiger partial charge in [0.25, 0.3) is 5.91 Å². The molecule has 0 spiro atoms. The van der Waals surface area contributed by atoms with Crippen LogP contribution >= 0.6 is 11.3 Å². The first kappa shape index (κ1) is 16.3. The van der Waals surface area contributed by atoms with Gasteiger partial charge in [0.15, 0.2) is 12.4 Å². The average Bonchev–Trinajstić information content (AvgIpc) is 3.11. The van der Waals surface area contributed by atoms with Gasteiger partial charge in [0.1, 0.15) is 5.01 Å². The van der Waals surface area contributed by atoms with Crippen molar-refractivity contribution in [2.45, 2.75) is 6.42 Å². The Balaban J connectivity index is 1.46. The number of nitrogens with one attached hydrogen (secondary N) is 2. The van der Waals surface area contributed by atoms with Crippen LogP contribution < -0.4 is 15.4 Å². The van der Waals surface area contributed by atoms with Crippen molar-refractivity contribution in [3.8, 4) is 16.3 Å². The molecule has 0 atom stereocenters. The normalized spacial score (nSPS) is 12.7. The second kappa shape index (κ2) is 6.97. The molecule has 0 aliphatic carbocycles. The van der Waals surface area contributed by atoms with E-state index in [1.165, 1.54) is 11.3 Å². The summed E-state index contributed by atoms with van der Waals surface area (Å²) in [6.45, 7) is -0.0631. The highest BCUT2D eigenvalue weighted by Crippen LogP contribution is 2.35. The van der Waals surface area contributed by atoms with Gasteiger partial charge in [0.2, 0.25) is 5.91 Å². The fraction of sp³-hybridized carbons (Fsp3) is 0.105. The molecule has 0 bridgehead atoms. The van der Waals surface area contributed by atoms with E-state index in [0.29, 0.717) is 22.8 Å². The van der Waals surface area contributed by atoms with E-state index in [0.717, 1.165) is 10.6 Å². The highest BCUT2D eigenvalue weighted by atomic mass is 32.1. The number of benzene rings is 2. The van der Waals surface area contributed by atoms with E-state index in [1.807, 2.05) is 35.7 Å². The molecule has 1 aliphatic heterocycles. The van der Waals surface area contributed by atoms with Crippen LogP contribution in [0.25, 0.3) is 10.6 Å². The molecule has 0 saturated carbocycles. The number of amides is 2. The van der Waals surface area contributed by atoms with Gasteiger partial charge in [-0.05, 0) is 12.1 Å². The predicted molar refractivity (Wildman–Crippen MR) is 100 cm³/mol. The summed E-state index contributed by atoms with van der Waals surface area (Å²) in [7, 11) is 0. The second-order valence-electron chi connectivity index (χ2n) is 5.75. The summed E-state index contributed by atoms with van der Waals surface area (Å²) in [6, 6.07) is 15.1. The number of fused-ring (bicyclic) bond motifs is 1. The molecule has 7 heteroatoms. The second-order valence-corrected chi connectivity index (χ2v) is 6.61. The maximum Gasteiger partial charge on any atom is 0.262 e. The molecule has 2 N–H and O–H groups in total. The number of aromatic nitrogens is 1. The van der Waals surface area contributed by atoms with Gasteiger partial charge in [-0.15, -0.1) is 11.3 Å². The van der Waals surface area contributed by atoms with Crippen LogP contribution in [0.3, 0.4) is 0 Å². The summed E-state index contributed by atoms with van der Waals surface area (Å²) < 4.78 is 5.44. The smallest absolute Gasteiger partial charge is 0.262 e. The van der Waals surface area contributed by atoms with Crippen molar-refractivity contribution in [3.63, 3.8) is 0 Å². The standard InChI is InChI=1S/C19H15N3O3S/c23-16(9-13-11-26-19(20-13)12-5-2-1-3-6-12)21-14-7-4-8-15-18(14)25-10-17(24)22-15/h1-8,11H,9-10H2,(H,21,23)(H,22,24). The molecule has 0 unspecified atom stereocenters. The van der Waals surface area contributed by atoms with Gasteiger partial charge in [-0.3, -0.25) is 9.59 Å². The van der Waals surface area contributed by atoms with Crippen LogP contribution in [0.4, 0.5) is 11.4 Å². The lowest BCUT2D eigenvalue weighted by Gasteiger charge is -2.20. The summed E-state index contributed by atoms with van der Waals surface area (Å²) in [5.74, 6) is 0.0735. The summed E-state index contributed by atoms with van der Waals surface area (Å²) in [5.41, 5.74) is 2.83. The third-order valence-corrected chi connectivity index (χ3v) is 4.77. The van der Waals surface area contributed by atoms with E-state index in [9.17, 15) is 9.59 Å². The van der Waals surface area contributed by atoms with Crippen LogP contribution in [0.1, 0.15) is 5.69 Å². The third-order valence-electron chi connectivity index (χ3n) is 3.82. The minimum Gasteiger partial charge on any atom is -0.479 e. The van der Waals surface area contributed by atoms with Crippen LogP contribution in [-0.2, 0) is 16.0 Å². The largest absolute Gasteiger partial charge is 0.479 e. The molecule has 4 rings (SSSR count). The third kappa shape index (κ3) is 3.43. The minimum atomic E-state index is -0.211. The van der Waals surface area contributed by atoms with Gasteiger partial charge in [0, 0.05) is 10.9 Å². The summed E-state index contributed by atoms with van der Waals surface area (Å²) in [4.78, 5) is 28.3. The number of ether oxygens (including phenoxy) is 1. The summed E-state index contributed by atoms with van der Waals surface area (Å²) in [5, 5.41) is 8.32. The van der Waals surface area contributed by atoms with Crippen LogP contribution in [0.15, 0.2) is 53.9 Å². The lowest BCUT2D eigenvalue weighted by atomic mass is 10.2. The average molecular weight is 365 g/mol. The molecule has 2 amide bonds. The van der Waals surface area contributed by atoms with E-state index in [2.05, 4.69) is 15.6 Å². The van der Waals surface area contributed by atoms with Crippen LogP contribution in [0.5, 0.6) is 5.75 Å². The quantitative estimate of drug-likeness (QED) is 0.743. The van der Waals surface area contributed by atoms with Crippen LogP contribution in [0, 0.1) is 0 Å². The summed E-state index contributed by atoms with van der Waals surface area (Å²) in [6.07, 6.45) is 0.166. The molecule has 2 heterocycles. The van der Waals surface area contributed by atoms with E-state index < -0.39 is 0 Å². The van der Waals surface area contributed by atoms with Crippen molar-refractivity contribution < 1.29 is 14.3 Å². The first-order chi connectivity index (χ1) is 12.7. The lowest BCUT2D eigenvalue weighted by Crippen LogP contribution is -2.26. The molecule has 6 nitrogen and oxygen atoms in total. The fourth-order valence-electron chi connectivity index (χ4n) is 2.67. The molecule has 130 valence electrons. The molecule has 1 aromatic heterocycles. The van der Waals surface area contributed by atoms with Crippen molar-refractivity contribution in [1.29, 1.82) is 0 Å². The maximum absolute atomic E-state index is 12.4. The van der Waals surface area contributed by atoms with Crippen molar-refractivity contribution in [1.82, 2.24) is 4.98 Å². The monoisotopic (exact) mass is 365 g/mol. The van der Waals surface area contributed by atoms with E-state index >= 15 is 0 Å². The number of para-hydroxylation sites is 1. The van der Waals surface area contributed by atoms with Crippen molar-refractivity contribution >= 4 is 34.5 Å². The minimum absolute atomic E-state index is 0.0631. The lowest BCUT2D eigenvalue weighted by molar-refractivity contribution is -0.118. The summed E-state index contributed by atoms with van der Waals surface area (Å²) >= 11 is 1.51. The molecule has 1 aliphatic rings. The van der Waals surface area contributed by atoms with Gasteiger partial charge >= 0.3 is 0 Å². The van der Waals surface area contributed by atoms with E-state index in [4.69, 9.17) is 4.74 Å².